The molecular formula is C16H23BrN6O2. The molecule has 2 amide bonds. The molecule has 0 aliphatic rings. The Labute approximate surface area is 155 Å². The number of ether oxygens (including phenoxy) is 1. The van der Waals surface area contributed by atoms with Crippen molar-refractivity contribution in [3.8, 4) is 5.88 Å². The molecule has 8 nitrogen and oxygen atoms in total. The second-order valence-electron chi connectivity index (χ2n) is 6.05. The Kier molecular flexibility index (Phi) is 6.77. The minimum Gasteiger partial charge on any atom is -0.473 e. The number of urea groups is 1. The van der Waals surface area contributed by atoms with Crippen LogP contribution in [0.2, 0.25) is 0 Å². The first-order valence-electron chi connectivity index (χ1n) is 7.91. The average Bonchev–Trinajstić information content (AvgIpc) is 2.95. The number of anilines is 2. The molecule has 0 radical (unpaired) electrons. The summed E-state index contributed by atoms with van der Waals surface area (Å²) in [6, 6.07) is 1.35. The van der Waals surface area contributed by atoms with Gasteiger partial charge in [-0.05, 0) is 49.9 Å². The first-order chi connectivity index (χ1) is 11.8. The van der Waals surface area contributed by atoms with Crippen molar-refractivity contribution in [1.82, 2.24) is 19.7 Å². The SMILES string of the molecule is CC(C)Oc1ncc(Br)cc1NC(=O)Nc1cnn(CCN(C)C)c1. The summed E-state index contributed by atoms with van der Waals surface area (Å²) in [5.41, 5.74) is 1.10. The molecule has 0 spiro atoms. The van der Waals surface area contributed by atoms with Gasteiger partial charge in [-0.2, -0.15) is 5.10 Å². The van der Waals surface area contributed by atoms with Crippen LogP contribution in [-0.4, -0.2) is 52.4 Å². The van der Waals surface area contributed by atoms with Crippen molar-refractivity contribution in [2.75, 3.05) is 31.3 Å². The van der Waals surface area contributed by atoms with E-state index >= 15 is 0 Å². The Morgan fingerprint density at radius 2 is 2.12 bits per heavy atom. The van der Waals surface area contributed by atoms with Crippen molar-refractivity contribution in [2.45, 2.75) is 26.5 Å². The van der Waals surface area contributed by atoms with Crippen LogP contribution in [0.4, 0.5) is 16.2 Å². The molecule has 0 aromatic carbocycles. The molecule has 0 atom stereocenters. The lowest BCUT2D eigenvalue weighted by Crippen LogP contribution is -2.21. The minimum atomic E-state index is -0.388. The Morgan fingerprint density at radius 3 is 2.80 bits per heavy atom. The van der Waals surface area contributed by atoms with E-state index < -0.39 is 0 Å². The number of carbonyl (C=O) groups excluding carboxylic acids is 1. The molecular weight excluding hydrogens is 388 g/mol. The van der Waals surface area contributed by atoms with Crippen molar-refractivity contribution in [2.24, 2.45) is 0 Å². The highest BCUT2D eigenvalue weighted by Gasteiger charge is 2.12. The molecule has 2 aromatic heterocycles. The molecule has 0 fully saturated rings. The van der Waals surface area contributed by atoms with Crippen LogP contribution in [0.1, 0.15) is 13.8 Å². The van der Waals surface area contributed by atoms with Gasteiger partial charge in [0.2, 0.25) is 5.88 Å². The first kappa shape index (κ1) is 19.2. The van der Waals surface area contributed by atoms with Crippen molar-refractivity contribution >= 4 is 33.3 Å². The monoisotopic (exact) mass is 410 g/mol. The van der Waals surface area contributed by atoms with E-state index in [9.17, 15) is 4.79 Å². The van der Waals surface area contributed by atoms with Crippen LogP contribution in [0.25, 0.3) is 0 Å². The third kappa shape index (κ3) is 6.35. The number of amides is 2. The molecule has 2 aromatic rings. The summed E-state index contributed by atoms with van der Waals surface area (Å²) in [6.45, 7) is 5.41. The van der Waals surface area contributed by atoms with Crippen LogP contribution >= 0.6 is 15.9 Å². The molecule has 0 unspecified atom stereocenters. The molecule has 0 saturated heterocycles. The summed E-state index contributed by atoms with van der Waals surface area (Å²) in [6.07, 6.45) is 4.97. The number of nitrogens with zero attached hydrogens (tertiary/aromatic N) is 4. The number of rotatable bonds is 7. The molecule has 0 aliphatic carbocycles. The molecule has 25 heavy (non-hydrogen) atoms. The maximum absolute atomic E-state index is 12.2. The fourth-order valence-corrected chi connectivity index (χ4v) is 2.30. The highest BCUT2D eigenvalue weighted by atomic mass is 79.9. The molecule has 0 saturated carbocycles. The smallest absolute Gasteiger partial charge is 0.323 e. The van der Waals surface area contributed by atoms with Gasteiger partial charge in [-0.1, -0.05) is 0 Å². The first-order valence-corrected chi connectivity index (χ1v) is 8.70. The summed E-state index contributed by atoms with van der Waals surface area (Å²) in [5.74, 6) is 0.370. The minimum absolute atomic E-state index is 0.0489. The standard InChI is InChI=1S/C16H23BrN6O2/c1-11(2)25-15-14(7-12(17)8-18-15)21-16(24)20-13-9-19-23(10-13)6-5-22(3)4/h7-11H,5-6H2,1-4H3,(H2,20,21,24). The zero-order valence-corrected chi connectivity index (χ0v) is 16.4. The van der Waals surface area contributed by atoms with Crippen molar-refractivity contribution in [1.29, 1.82) is 0 Å². The Morgan fingerprint density at radius 1 is 1.36 bits per heavy atom. The van der Waals surface area contributed by atoms with Crippen molar-refractivity contribution in [3.63, 3.8) is 0 Å². The van der Waals surface area contributed by atoms with Gasteiger partial charge < -0.3 is 20.3 Å². The summed E-state index contributed by atoms with van der Waals surface area (Å²) < 4.78 is 8.14. The lowest BCUT2D eigenvalue weighted by atomic mass is 10.4. The van der Waals surface area contributed by atoms with Gasteiger partial charge in [-0.25, -0.2) is 9.78 Å². The van der Waals surface area contributed by atoms with E-state index in [-0.39, 0.29) is 12.1 Å². The van der Waals surface area contributed by atoms with Gasteiger partial charge in [-0.3, -0.25) is 4.68 Å². The Hall–Kier alpha value is -2.13. The van der Waals surface area contributed by atoms with E-state index in [0.29, 0.717) is 17.3 Å². The van der Waals surface area contributed by atoms with Gasteiger partial charge in [0.1, 0.15) is 5.69 Å². The fourth-order valence-electron chi connectivity index (χ4n) is 1.97. The normalized spacial score (nSPS) is 11.0. The van der Waals surface area contributed by atoms with Crippen LogP contribution in [0.15, 0.2) is 29.1 Å². The summed E-state index contributed by atoms with van der Waals surface area (Å²) in [5, 5.41) is 9.73. The van der Waals surface area contributed by atoms with Crippen molar-refractivity contribution in [3.05, 3.63) is 29.1 Å². The van der Waals surface area contributed by atoms with Crippen molar-refractivity contribution < 1.29 is 9.53 Å². The second-order valence-corrected chi connectivity index (χ2v) is 6.96. The van der Waals surface area contributed by atoms with E-state index in [1.165, 1.54) is 0 Å². The molecule has 2 N–H and O–H groups in total. The van der Waals surface area contributed by atoms with E-state index in [0.717, 1.165) is 17.6 Å². The predicted octanol–water partition coefficient (Wildman–Crippen LogP) is 3.03. The van der Waals surface area contributed by atoms with Crippen LogP contribution in [0.5, 0.6) is 5.88 Å². The number of hydrogen-bond acceptors (Lipinski definition) is 5. The van der Waals surface area contributed by atoms with Gasteiger partial charge >= 0.3 is 6.03 Å². The molecule has 0 aliphatic heterocycles. The maximum Gasteiger partial charge on any atom is 0.323 e. The summed E-state index contributed by atoms with van der Waals surface area (Å²) in [4.78, 5) is 18.5. The molecule has 2 heterocycles. The highest BCUT2D eigenvalue weighted by Crippen LogP contribution is 2.26. The van der Waals surface area contributed by atoms with Gasteiger partial charge in [0.05, 0.1) is 24.5 Å². The number of hydrogen-bond donors (Lipinski definition) is 2. The van der Waals surface area contributed by atoms with Crippen LogP contribution in [0.3, 0.4) is 0 Å². The quantitative estimate of drug-likeness (QED) is 0.732. The molecule has 2 rings (SSSR count). The Bertz CT molecular complexity index is 716. The predicted molar refractivity (Wildman–Crippen MR) is 101 cm³/mol. The summed E-state index contributed by atoms with van der Waals surface area (Å²) >= 11 is 3.34. The number of aromatic nitrogens is 3. The second kappa shape index (κ2) is 8.82. The van der Waals surface area contributed by atoms with Crippen LogP contribution < -0.4 is 15.4 Å². The number of likely N-dealkylation sites (N-methyl/N-ethyl adjacent to an activating group) is 1. The maximum atomic E-state index is 12.2. The van der Waals surface area contributed by atoms with Gasteiger partial charge in [-0.15, -0.1) is 0 Å². The fraction of sp³-hybridized carbons (Fsp3) is 0.438. The summed E-state index contributed by atoms with van der Waals surface area (Å²) in [7, 11) is 4.00. The highest BCUT2D eigenvalue weighted by molar-refractivity contribution is 9.10. The van der Waals surface area contributed by atoms with Gasteiger partial charge in [0.15, 0.2) is 0 Å². The largest absolute Gasteiger partial charge is 0.473 e. The zero-order chi connectivity index (χ0) is 18.4. The van der Waals surface area contributed by atoms with E-state index in [1.54, 1.807) is 29.3 Å². The van der Waals surface area contributed by atoms with E-state index in [4.69, 9.17) is 4.74 Å². The number of carbonyl (C=O) groups is 1. The lowest BCUT2D eigenvalue weighted by Gasteiger charge is -2.14. The molecule has 9 heteroatoms. The zero-order valence-electron chi connectivity index (χ0n) is 14.8. The van der Waals surface area contributed by atoms with Gasteiger partial charge in [0, 0.05) is 23.4 Å². The third-order valence-electron chi connectivity index (χ3n) is 3.08. The van der Waals surface area contributed by atoms with E-state index in [1.807, 2.05) is 27.9 Å². The number of pyridine rings is 1. The molecule has 0 bridgehead atoms. The number of nitrogens with one attached hydrogen (secondary N) is 2. The van der Waals surface area contributed by atoms with Crippen LogP contribution in [0, 0.1) is 0 Å². The van der Waals surface area contributed by atoms with Gasteiger partial charge in [0.25, 0.3) is 0 Å². The number of halogens is 1. The average molecular weight is 411 g/mol. The topological polar surface area (TPSA) is 84.3 Å². The molecule has 136 valence electrons. The van der Waals surface area contributed by atoms with Crippen LogP contribution in [-0.2, 0) is 6.54 Å². The third-order valence-corrected chi connectivity index (χ3v) is 3.51. The lowest BCUT2D eigenvalue weighted by molar-refractivity contribution is 0.233. The Balaban J connectivity index is 1.99. The van der Waals surface area contributed by atoms with E-state index in [2.05, 4.69) is 41.5 Å².